The average Bonchev–Trinajstić information content (AvgIpc) is 2.52. The highest BCUT2D eigenvalue weighted by Crippen LogP contribution is 2.12. The van der Waals surface area contributed by atoms with E-state index in [0.717, 1.165) is 0 Å². The van der Waals surface area contributed by atoms with Crippen molar-refractivity contribution in [2.24, 2.45) is 0 Å². The molecule has 3 heteroatoms. The molecule has 1 rings (SSSR count). The number of hydrogen-bond acceptors (Lipinski definition) is 3. The summed E-state index contributed by atoms with van der Waals surface area (Å²) in [6, 6.07) is 5.37. The van der Waals surface area contributed by atoms with E-state index in [1.54, 1.807) is 12.1 Å². The lowest BCUT2D eigenvalue weighted by molar-refractivity contribution is 0.339. The van der Waals surface area contributed by atoms with Gasteiger partial charge in [0.05, 0.1) is 13.4 Å². The molecule has 0 spiro atoms. The Labute approximate surface area is 64.5 Å². The van der Waals surface area contributed by atoms with Crippen molar-refractivity contribution in [2.45, 2.75) is 0 Å². The molecule has 0 aliphatic heterocycles. The van der Waals surface area contributed by atoms with Crippen LogP contribution in [0.25, 0.3) is 5.57 Å². The minimum atomic E-state index is 0.387. The van der Waals surface area contributed by atoms with Gasteiger partial charge in [-0.05, 0) is 12.1 Å². The SMILES string of the molecule is CO/C=C(/C#N)c1ccco1. The summed E-state index contributed by atoms with van der Waals surface area (Å²) in [4.78, 5) is 0. The Hall–Kier alpha value is -1.69. The van der Waals surface area contributed by atoms with Crippen LogP contribution >= 0.6 is 0 Å². The van der Waals surface area contributed by atoms with Crippen molar-refractivity contribution < 1.29 is 9.15 Å². The van der Waals surface area contributed by atoms with Gasteiger partial charge in [0.2, 0.25) is 0 Å². The van der Waals surface area contributed by atoms with E-state index in [-0.39, 0.29) is 0 Å². The zero-order valence-corrected chi connectivity index (χ0v) is 6.07. The highest BCUT2D eigenvalue weighted by molar-refractivity contribution is 5.72. The average molecular weight is 149 g/mol. The van der Waals surface area contributed by atoms with Gasteiger partial charge in [0.1, 0.15) is 23.7 Å². The number of allylic oxidation sites excluding steroid dienone is 1. The monoisotopic (exact) mass is 149 g/mol. The van der Waals surface area contributed by atoms with Crippen molar-refractivity contribution >= 4 is 5.57 Å². The molecule has 0 fully saturated rings. The van der Waals surface area contributed by atoms with Crippen molar-refractivity contribution in [3.8, 4) is 6.07 Å². The number of furan rings is 1. The van der Waals surface area contributed by atoms with Crippen LogP contribution < -0.4 is 0 Å². The minimum Gasteiger partial charge on any atom is -0.503 e. The summed E-state index contributed by atoms with van der Waals surface area (Å²) in [6.07, 6.45) is 2.86. The molecule has 1 aromatic rings. The van der Waals surface area contributed by atoms with Gasteiger partial charge >= 0.3 is 0 Å². The number of ether oxygens (including phenoxy) is 1. The minimum absolute atomic E-state index is 0.387. The maximum atomic E-state index is 8.57. The normalized spacial score (nSPS) is 10.7. The van der Waals surface area contributed by atoms with Crippen molar-refractivity contribution in [3.63, 3.8) is 0 Å². The highest BCUT2D eigenvalue weighted by Gasteiger charge is 2.01. The van der Waals surface area contributed by atoms with E-state index in [9.17, 15) is 0 Å². The first kappa shape index (κ1) is 7.42. The fourth-order valence-electron chi connectivity index (χ4n) is 0.689. The molecule has 0 bridgehead atoms. The molecule has 0 N–H and O–H groups in total. The maximum absolute atomic E-state index is 8.57. The second-order valence-electron chi connectivity index (χ2n) is 1.86. The predicted molar refractivity (Wildman–Crippen MR) is 39.3 cm³/mol. The van der Waals surface area contributed by atoms with Gasteiger partial charge in [-0.3, -0.25) is 0 Å². The molecule has 56 valence electrons. The Morgan fingerprint density at radius 3 is 3.09 bits per heavy atom. The van der Waals surface area contributed by atoms with Gasteiger partial charge in [0, 0.05) is 0 Å². The van der Waals surface area contributed by atoms with Crippen molar-refractivity contribution in [1.29, 1.82) is 5.26 Å². The summed E-state index contributed by atoms with van der Waals surface area (Å²) in [6.45, 7) is 0. The summed E-state index contributed by atoms with van der Waals surface area (Å²) in [5.41, 5.74) is 0.387. The lowest BCUT2D eigenvalue weighted by Gasteiger charge is -1.90. The van der Waals surface area contributed by atoms with Crippen molar-refractivity contribution in [2.75, 3.05) is 7.11 Å². The number of methoxy groups -OCH3 is 1. The Morgan fingerprint density at radius 2 is 2.64 bits per heavy atom. The van der Waals surface area contributed by atoms with Crippen LogP contribution in [0.1, 0.15) is 5.76 Å². The molecule has 1 aromatic heterocycles. The Balaban J connectivity index is 2.91. The van der Waals surface area contributed by atoms with Crippen LogP contribution in [0.4, 0.5) is 0 Å². The van der Waals surface area contributed by atoms with Crippen LogP contribution in [0.3, 0.4) is 0 Å². The lowest BCUT2D eigenvalue weighted by atomic mass is 10.2. The van der Waals surface area contributed by atoms with Gasteiger partial charge in [-0.2, -0.15) is 5.26 Å². The van der Waals surface area contributed by atoms with Crippen LogP contribution in [0.15, 0.2) is 29.1 Å². The molecule has 0 aliphatic carbocycles. The number of rotatable bonds is 2. The largest absolute Gasteiger partial charge is 0.503 e. The highest BCUT2D eigenvalue weighted by atomic mass is 16.5. The summed E-state index contributed by atoms with van der Waals surface area (Å²) >= 11 is 0. The smallest absolute Gasteiger partial charge is 0.147 e. The first-order chi connectivity index (χ1) is 5.38. The topological polar surface area (TPSA) is 46.2 Å². The molecule has 1 heterocycles. The van der Waals surface area contributed by atoms with Crippen LogP contribution in [-0.4, -0.2) is 7.11 Å². The molecule has 3 nitrogen and oxygen atoms in total. The molecule has 0 amide bonds. The third-order valence-electron chi connectivity index (χ3n) is 1.14. The lowest BCUT2D eigenvalue weighted by Crippen LogP contribution is -1.77. The number of hydrogen-bond donors (Lipinski definition) is 0. The van der Waals surface area contributed by atoms with Crippen LogP contribution in [-0.2, 0) is 4.74 Å². The van der Waals surface area contributed by atoms with Crippen LogP contribution in [0, 0.1) is 11.3 Å². The maximum Gasteiger partial charge on any atom is 0.147 e. The van der Waals surface area contributed by atoms with Gasteiger partial charge < -0.3 is 9.15 Å². The van der Waals surface area contributed by atoms with Crippen molar-refractivity contribution in [1.82, 2.24) is 0 Å². The first-order valence-corrected chi connectivity index (χ1v) is 3.05. The van der Waals surface area contributed by atoms with E-state index in [4.69, 9.17) is 9.68 Å². The fourth-order valence-corrected chi connectivity index (χ4v) is 0.689. The van der Waals surface area contributed by atoms with Gasteiger partial charge in [-0.25, -0.2) is 0 Å². The molecule has 0 saturated carbocycles. The molecule has 0 radical (unpaired) electrons. The molecule has 0 aliphatic rings. The van der Waals surface area contributed by atoms with E-state index < -0.39 is 0 Å². The molecule has 0 aromatic carbocycles. The summed E-state index contributed by atoms with van der Waals surface area (Å²) < 4.78 is 9.64. The zero-order valence-electron chi connectivity index (χ0n) is 6.07. The molecule has 0 saturated heterocycles. The summed E-state index contributed by atoms with van der Waals surface area (Å²) in [5.74, 6) is 0.523. The van der Waals surface area contributed by atoms with Gasteiger partial charge in [0.25, 0.3) is 0 Å². The second kappa shape index (κ2) is 3.47. The molecule has 0 unspecified atom stereocenters. The van der Waals surface area contributed by atoms with Gasteiger partial charge in [-0.15, -0.1) is 0 Å². The zero-order chi connectivity index (χ0) is 8.10. The van der Waals surface area contributed by atoms with E-state index >= 15 is 0 Å². The number of nitriles is 1. The Kier molecular flexibility index (Phi) is 2.34. The standard InChI is InChI=1S/C8H7NO2/c1-10-6-7(5-9)8-3-2-4-11-8/h2-4,6H,1H3/b7-6-. The molecular formula is C8H7NO2. The summed E-state index contributed by atoms with van der Waals surface area (Å²) in [5, 5.41) is 8.57. The predicted octanol–water partition coefficient (Wildman–Crippen LogP) is 1.79. The van der Waals surface area contributed by atoms with Gasteiger partial charge in [0.15, 0.2) is 0 Å². The van der Waals surface area contributed by atoms with E-state index in [1.165, 1.54) is 19.6 Å². The van der Waals surface area contributed by atoms with Crippen molar-refractivity contribution in [3.05, 3.63) is 30.4 Å². The fraction of sp³-hybridized carbons (Fsp3) is 0.125. The van der Waals surface area contributed by atoms with Gasteiger partial charge in [-0.1, -0.05) is 0 Å². The van der Waals surface area contributed by atoms with E-state index in [2.05, 4.69) is 4.74 Å². The van der Waals surface area contributed by atoms with E-state index in [0.29, 0.717) is 11.3 Å². The quantitative estimate of drug-likeness (QED) is 0.475. The van der Waals surface area contributed by atoms with Crippen LogP contribution in [0.5, 0.6) is 0 Å². The number of nitrogens with zero attached hydrogens (tertiary/aromatic N) is 1. The molecule has 11 heavy (non-hydrogen) atoms. The molecule has 0 atom stereocenters. The van der Waals surface area contributed by atoms with Crippen LogP contribution in [0.2, 0.25) is 0 Å². The Morgan fingerprint density at radius 1 is 1.82 bits per heavy atom. The first-order valence-electron chi connectivity index (χ1n) is 3.05. The molecular weight excluding hydrogens is 142 g/mol. The third-order valence-corrected chi connectivity index (χ3v) is 1.14. The second-order valence-corrected chi connectivity index (χ2v) is 1.86. The van der Waals surface area contributed by atoms with E-state index in [1.807, 2.05) is 6.07 Å². The third kappa shape index (κ3) is 1.62. The Bertz CT molecular complexity index is 280. The summed E-state index contributed by atoms with van der Waals surface area (Å²) in [7, 11) is 1.49.